The van der Waals surface area contributed by atoms with Crippen molar-refractivity contribution in [3.8, 4) is 23.7 Å². The standard InChI is InChI=1S/C32H25FO4/c1-22(2)31(34)36-20-27-12-9-24(10-13-27)8-11-26-15-17-29(30(33)19-26)16-14-25-6-5-7-28(18-25)21-37-32(35)23(3)4/h5-7,9-10,12-13,15,17-19H,1,3,20-21H2,2,4H3. The Balaban J connectivity index is 1.64. The first kappa shape index (κ1) is 26.7. The first-order valence-corrected chi connectivity index (χ1v) is 11.4. The highest BCUT2D eigenvalue weighted by Crippen LogP contribution is 2.12. The molecule has 0 radical (unpaired) electrons. The van der Waals surface area contributed by atoms with Crippen LogP contribution in [0, 0.1) is 29.5 Å². The van der Waals surface area contributed by atoms with Gasteiger partial charge < -0.3 is 9.47 Å². The van der Waals surface area contributed by atoms with Crippen LogP contribution in [0.5, 0.6) is 0 Å². The number of halogens is 1. The summed E-state index contributed by atoms with van der Waals surface area (Å²) in [6.07, 6.45) is 0. The van der Waals surface area contributed by atoms with Crippen molar-refractivity contribution in [1.82, 2.24) is 0 Å². The van der Waals surface area contributed by atoms with Gasteiger partial charge in [0.05, 0.1) is 5.56 Å². The summed E-state index contributed by atoms with van der Waals surface area (Å²) in [5, 5.41) is 0. The molecular formula is C32H25FO4. The summed E-state index contributed by atoms with van der Waals surface area (Å²) in [7, 11) is 0. The molecule has 4 nitrogen and oxygen atoms in total. The van der Waals surface area contributed by atoms with Crippen LogP contribution in [-0.4, -0.2) is 11.9 Å². The molecule has 0 spiro atoms. The lowest BCUT2D eigenvalue weighted by molar-refractivity contribution is -0.141. The van der Waals surface area contributed by atoms with Gasteiger partial charge in [-0.1, -0.05) is 61.1 Å². The predicted molar refractivity (Wildman–Crippen MR) is 140 cm³/mol. The highest BCUT2D eigenvalue weighted by Gasteiger charge is 2.05. The number of carbonyl (C=O) groups excluding carboxylic acids is 2. The van der Waals surface area contributed by atoms with Crippen molar-refractivity contribution in [1.29, 1.82) is 0 Å². The third kappa shape index (κ3) is 8.38. The zero-order valence-electron chi connectivity index (χ0n) is 20.7. The van der Waals surface area contributed by atoms with Gasteiger partial charge in [-0.2, -0.15) is 0 Å². The molecule has 37 heavy (non-hydrogen) atoms. The second-order valence-electron chi connectivity index (χ2n) is 8.30. The van der Waals surface area contributed by atoms with Crippen molar-refractivity contribution >= 4 is 11.9 Å². The van der Waals surface area contributed by atoms with E-state index in [0.717, 1.165) is 16.7 Å². The van der Waals surface area contributed by atoms with Crippen LogP contribution in [0.3, 0.4) is 0 Å². The smallest absolute Gasteiger partial charge is 0.333 e. The molecule has 5 heteroatoms. The zero-order valence-corrected chi connectivity index (χ0v) is 20.7. The van der Waals surface area contributed by atoms with Crippen LogP contribution >= 0.6 is 0 Å². The van der Waals surface area contributed by atoms with Gasteiger partial charge in [-0.05, 0) is 67.4 Å². The average Bonchev–Trinajstić information content (AvgIpc) is 2.89. The summed E-state index contributed by atoms with van der Waals surface area (Å²) in [4.78, 5) is 23.0. The number of rotatable bonds is 6. The molecular weight excluding hydrogens is 467 g/mol. The molecule has 0 unspecified atom stereocenters. The van der Waals surface area contributed by atoms with Crippen molar-refractivity contribution in [2.24, 2.45) is 0 Å². The van der Waals surface area contributed by atoms with E-state index < -0.39 is 17.8 Å². The Hall–Kier alpha value is -4.87. The van der Waals surface area contributed by atoms with Crippen molar-refractivity contribution in [3.63, 3.8) is 0 Å². The zero-order chi connectivity index (χ0) is 26.8. The van der Waals surface area contributed by atoms with Crippen LogP contribution in [0.2, 0.25) is 0 Å². The van der Waals surface area contributed by atoms with Gasteiger partial charge in [0.25, 0.3) is 0 Å². The lowest BCUT2D eigenvalue weighted by Crippen LogP contribution is -2.04. The highest BCUT2D eigenvalue weighted by molar-refractivity contribution is 5.87. The van der Waals surface area contributed by atoms with Crippen LogP contribution in [0.4, 0.5) is 4.39 Å². The lowest BCUT2D eigenvalue weighted by Gasteiger charge is -2.04. The summed E-state index contributed by atoms with van der Waals surface area (Å²) in [5.74, 6) is 10.3. The topological polar surface area (TPSA) is 52.6 Å². The number of hydrogen-bond acceptors (Lipinski definition) is 4. The Kier molecular flexibility index (Phi) is 9.19. The molecule has 0 aliphatic rings. The highest BCUT2D eigenvalue weighted by atomic mass is 19.1. The van der Waals surface area contributed by atoms with Crippen molar-refractivity contribution in [2.45, 2.75) is 27.1 Å². The predicted octanol–water partition coefficient (Wildman–Crippen LogP) is 5.86. The molecule has 3 aromatic rings. The minimum atomic E-state index is -0.472. The summed E-state index contributed by atoms with van der Waals surface area (Å²) in [5.41, 5.74) is 4.46. The van der Waals surface area contributed by atoms with E-state index in [1.54, 1.807) is 56.3 Å². The molecule has 0 aliphatic carbocycles. The maximum atomic E-state index is 14.6. The Morgan fingerprint density at radius 3 is 1.86 bits per heavy atom. The quantitative estimate of drug-likeness (QED) is 0.246. The van der Waals surface area contributed by atoms with Crippen LogP contribution in [-0.2, 0) is 32.3 Å². The fraction of sp³-hybridized carbons (Fsp3) is 0.125. The summed E-state index contributed by atoms with van der Waals surface area (Å²) in [6.45, 7) is 10.5. The number of carbonyl (C=O) groups is 2. The van der Waals surface area contributed by atoms with Gasteiger partial charge in [-0.3, -0.25) is 0 Å². The molecule has 3 rings (SSSR count). The largest absolute Gasteiger partial charge is 0.457 e. The molecule has 3 aromatic carbocycles. The normalized spacial score (nSPS) is 9.70. The van der Waals surface area contributed by atoms with E-state index in [9.17, 15) is 14.0 Å². The van der Waals surface area contributed by atoms with Crippen molar-refractivity contribution < 1.29 is 23.5 Å². The van der Waals surface area contributed by atoms with Gasteiger partial charge in [-0.15, -0.1) is 0 Å². The van der Waals surface area contributed by atoms with E-state index in [2.05, 4.69) is 36.8 Å². The molecule has 0 aromatic heterocycles. The van der Waals surface area contributed by atoms with Gasteiger partial charge in [-0.25, -0.2) is 14.0 Å². The number of esters is 2. The van der Waals surface area contributed by atoms with E-state index in [1.807, 2.05) is 18.2 Å². The Labute approximate surface area is 216 Å². The number of benzene rings is 3. The van der Waals surface area contributed by atoms with Crippen LogP contribution < -0.4 is 0 Å². The van der Waals surface area contributed by atoms with E-state index in [4.69, 9.17) is 9.47 Å². The summed E-state index contributed by atoms with van der Waals surface area (Å²) in [6, 6.07) is 19.1. The molecule has 0 amide bonds. The lowest BCUT2D eigenvalue weighted by atomic mass is 10.1. The van der Waals surface area contributed by atoms with Gasteiger partial charge in [0.15, 0.2) is 0 Å². The van der Waals surface area contributed by atoms with Gasteiger partial charge in [0.2, 0.25) is 0 Å². The SMILES string of the molecule is C=C(C)C(=O)OCc1ccc(C#Cc2ccc(C#Cc3cccc(COC(=O)C(=C)C)c3)c(F)c2)cc1. The average molecular weight is 493 g/mol. The second kappa shape index (κ2) is 12.7. The maximum absolute atomic E-state index is 14.6. The van der Waals surface area contributed by atoms with E-state index >= 15 is 0 Å². The summed E-state index contributed by atoms with van der Waals surface area (Å²) >= 11 is 0. The second-order valence-corrected chi connectivity index (χ2v) is 8.30. The molecule has 0 heterocycles. The summed E-state index contributed by atoms with van der Waals surface area (Å²) < 4.78 is 24.9. The molecule has 0 atom stereocenters. The number of ether oxygens (including phenoxy) is 2. The van der Waals surface area contributed by atoms with Crippen LogP contribution in [0.25, 0.3) is 0 Å². The molecule has 0 bridgehead atoms. The number of hydrogen-bond donors (Lipinski definition) is 0. The Morgan fingerprint density at radius 2 is 1.24 bits per heavy atom. The van der Waals surface area contributed by atoms with Crippen LogP contribution in [0.1, 0.15) is 47.2 Å². The molecule has 0 saturated heterocycles. The van der Waals surface area contributed by atoms with Gasteiger partial charge in [0.1, 0.15) is 19.0 Å². The first-order chi connectivity index (χ1) is 17.7. The van der Waals surface area contributed by atoms with Gasteiger partial charge >= 0.3 is 11.9 Å². The van der Waals surface area contributed by atoms with E-state index in [0.29, 0.717) is 22.3 Å². The fourth-order valence-corrected chi connectivity index (χ4v) is 2.95. The molecule has 0 aliphatic heterocycles. The van der Waals surface area contributed by atoms with Crippen molar-refractivity contribution in [2.75, 3.05) is 0 Å². The minimum Gasteiger partial charge on any atom is -0.457 e. The van der Waals surface area contributed by atoms with E-state index in [-0.39, 0.29) is 18.8 Å². The van der Waals surface area contributed by atoms with Crippen molar-refractivity contribution in [3.05, 3.63) is 130 Å². The molecule has 0 fully saturated rings. The monoisotopic (exact) mass is 492 g/mol. The Bertz CT molecular complexity index is 1470. The fourth-order valence-electron chi connectivity index (χ4n) is 2.95. The van der Waals surface area contributed by atoms with Gasteiger partial charge in [0, 0.05) is 27.8 Å². The van der Waals surface area contributed by atoms with Crippen LogP contribution in [0.15, 0.2) is 91.0 Å². The molecule has 0 saturated carbocycles. The Morgan fingerprint density at radius 1 is 0.703 bits per heavy atom. The van der Waals surface area contributed by atoms with E-state index in [1.165, 1.54) is 6.07 Å². The molecule has 0 N–H and O–H groups in total. The maximum Gasteiger partial charge on any atom is 0.333 e. The third-order valence-electron chi connectivity index (χ3n) is 4.98. The minimum absolute atomic E-state index is 0.105. The molecule has 184 valence electrons. The first-order valence-electron chi connectivity index (χ1n) is 11.4. The third-order valence-corrected chi connectivity index (χ3v) is 4.98.